The summed E-state index contributed by atoms with van der Waals surface area (Å²) in [6, 6.07) is 7.41. The maximum absolute atomic E-state index is 15.6. The number of anilines is 1. The second-order valence-electron chi connectivity index (χ2n) is 18.4. The first-order valence-corrected chi connectivity index (χ1v) is 20.1. The van der Waals surface area contributed by atoms with Crippen molar-refractivity contribution in [3.8, 4) is 0 Å². The van der Waals surface area contributed by atoms with Crippen LogP contribution in [0.1, 0.15) is 118 Å². The molecular weight excluding hydrogens is 806 g/mol. The molecule has 62 heavy (non-hydrogen) atoms. The molecule has 0 fully saturated rings. The minimum atomic E-state index is -0.898. The number of aliphatic imine (C=N–C) groups is 2. The van der Waals surface area contributed by atoms with Crippen molar-refractivity contribution in [1.29, 1.82) is 0 Å². The van der Waals surface area contributed by atoms with Gasteiger partial charge >= 0.3 is 24.4 Å². The summed E-state index contributed by atoms with van der Waals surface area (Å²) in [5, 5.41) is 16.2. The predicted octanol–water partition coefficient (Wildman–Crippen LogP) is 7.68. The molecule has 0 saturated carbocycles. The number of carbonyl (C=O) groups is 5. The van der Waals surface area contributed by atoms with E-state index < -0.39 is 58.5 Å². The molecule has 3 N–H and O–H groups in total. The van der Waals surface area contributed by atoms with E-state index in [0.717, 1.165) is 11.6 Å². The van der Waals surface area contributed by atoms with Crippen molar-refractivity contribution in [2.75, 3.05) is 31.5 Å². The van der Waals surface area contributed by atoms with Gasteiger partial charge in [0, 0.05) is 37.3 Å². The summed E-state index contributed by atoms with van der Waals surface area (Å²) in [4.78, 5) is 74.8. The Labute approximate surface area is 361 Å². The Morgan fingerprint density at radius 1 is 0.629 bits per heavy atom. The molecule has 0 aliphatic carbocycles. The summed E-state index contributed by atoms with van der Waals surface area (Å²) in [5.74, 6) is -1.16. The van der Waals surface area contributed by atoms with Gasteiger partial charge in [-0.2, -0.15) is 0 Å². The number of hydrogen-bond acceptors (Lipinski definition) is 11. The third-order valence-corrected chi connectivity index (χ3v) is 8.24. The fourth-order valence-corrected chi connectivity index (χ4v) is 5.76. The summed E-state index contributed by atoms with van der Waals surface area (Å²) >= 11 is 0. The molecule has 0 spiro atoms. The number of guanidine groups is 2. The SMILES string of the molecule is CC(C)(C)OC(=O)/N=C(/NC(=O)OC(C)(C)C)N1CC=C(c2ccc(NC(=O)c3ccc(C4=CCN(/C(=N\C(=O)OC(C)(C)C)NC(=O)OC(C)(C)C)CC4)c(F)c3)nn2)CC1. The van der Waals surface area contributed by atoms with Gasteiger partial charge in [-0.05, 0) is 131 Å². The van der Waals surface area contributed by atoms with Crippen LogP contribution in [0.25, 0.3) is 11.1 Å². The van der Waals surface area contributed by atoms with Gasteiger partial charge in [-0.25, -0.2) is 23.6 Å². The summed E-state index contributed by atoms with van der Waals surface area (Å²) in [6.45, 7) is 21.5. The van der Waals surface area contributed by atoms with E-state index in [0.29, 0.717) is 36.2 Å². The lowest BCUT2D eigenvalue weighted by atomic mass is 9.97. The van der Waals surface area contributed by atoms with Crippen LogP contribution in [0.5, 0.6) is 0 Å². The average molecular weight is 864 g/mol. The Morgan fingerprint density at radius 2 is 1.10 bits per heavy atom. The van der Waals surface area contributed by atoms with Crippen LogP contribution >= 0.6 is 0 Å². The molecule has 5 amide bonds. The molecule has 1 aromatic carbocycles. The summed E-state index contributed by atoms with van der Waals surface area (Å²) in [5.41, 5.74) is -0.791. The Hall–Kier alpha value is -6.40. The smallest absolute Gasteiger partial charge is 0.437 e. The fraction of sp³-hybridized carbons (Fsp3) is 0.512. The largest absolute Gasteiger partial charge is 0.444 e. The van der Waals surface area contributed by atoms with E-state index in [1.165, 1.54) is 12.1 Å². The van der Waals surface area contributed by atoms with E-state index in [-0.39, 0.29) is 42.9 Å². The lowest BCUT2D eigenvalue weighted by molar-refractivity contribution is 0.0536. The minimum Gasteiger partial charge on any atom is -0.444 e. The molecular formula is C43H58FN9O9. The van der Waals surface area contributed by atoms with Crippen molar-refractivity contribution >= 4 is 59.2 Å². The molecule has 0 radical (unpaired) electrons. The lowest BCUT2D eigenvalue weighted by Crippen LogP contribution is -2.48. The summed E-state index contributed by atoms with van der Waals surface area (Å²) in [7, 11) is 0. The summed E-state index contributed by atoms with van der Waals surface area (Å²) < 4.78 is 36.9. The zero-order valence-electron chi connectivity index (χ0n) is 37.5. The number of amides is 5. The number of alkyl carbamates (subject to hydrolysis) is 2. The summed E-state index contributed by atoms with van der Waals surface area (Å²) in [6.07, 6.45) is 1.03. The molecule has 0 unspecified atom stereocenters. The van der Waals surface area contributed by atoms with E-state index in [2.05, 4.69) is 36.1 Å². The first kappa shape index (κ1) is 48.3. The zero-order chi connectivity index (χ0) is 46.2. The standard InChI is InChI=1S/C43H58FN9O9/c1-40(2,3)59-36(55)46-34(47-37(56)60-41(4,5)6)52-21-17-26(18-22-52)29-14-13-28(25-30(29)44)33(54)45-32-16-15-31(50-51-32)27-19-23-53(24-20-27)35(48-38(57)61-42(7,8)9)49-39(58)62-43(10,11)12/h13-17,19,25H,18,20-24H2,1-12H3,(H,45,51,54)(H,46,47,55,56)(H,48,49,57,58). The number of carbonyl (C=O) groups excluding carboxylic acids is 5. The van der Waals surface area contributed by atoms with Crippen LogP contribution in [0.3, 0.4) is 0 Å². The third-order valence-electron chi connectivity index (χ3n) is 8.24. The monoisotopic (exact) mass is 863 g/mol. The third kappa shape index (κ3) is 15.9. The van der Waals surface area contributed by atoms with Crippen molar-refractivity contribution in [1.82, 2.24) is 30.6 Å². The maximum atomic E-state index is 15.6. The van der Waals surface area contributed by atoms with Crippen LogP contribution < -0.4 is 16.0 Å². The highest BCUT2D eigenvalue weighted by molar-refractivity contribution is 6.04. The number of benzene rings is 1. The molecule has 3 heterocycles. The number of halogens is 1. The van der Waals surface area contributed by atoms with Gasteiger partial charge in [0.15, 0.2) is 5.82 Å². The highest BCUT2D eigenvalue weighted by Gasteiger charge is 2.27. The Balaban J connectivity index is 1.40. The van der Waals surface area contributed by atoms with E-state index in [4.69, 9.17) is 18.9 Å². The number of aromatic nitrogens is 2. The van der Waals surface area contributed by atoms with Crippen molar-refractivity contribution in [3.05, 3.63) is 65.1 Å². The van der Waals surface area contributed by atoms with Gasteiger partial charge in [0.1, 0.15) is 28.2 Å². The zero-order valence-corrected chi connectivity index (χ0v) is 37.5. The van der Waals surface area contributed by atoms with Gasteiger partial charge in [-0.1, -0.05) is 18.2 Å². The van der Waals surface area contributed by atoms with Gasteiger partial charge in [0.2, 0.25) is 11.9 Å². The number of nitrogens with zero attached hydrogens (tertiary/aromatic N) is 6. The van der Waals surface area contributed by atoms with Crippen molar-refractivity contribution in [2.45, 2.75) is 118 Å². The highest BCUT2D eigenvalue weighted by atomic mass is 19.1. The van der Waals surface area contributed by atoms with Crippen LogP contribution in [0.4, 0.5) is 29.4 Å². The second-order valence-corrected chi connectivity index (χ2v) is 18.4. The van der Waals surface area contributed by atoms with Crippen LogP contribution in [0.15, 0.2) is 52.5 Å². The van der Waals surface area contributed by atoms with Crippen molar-refractivity contribution < 1.29 is 47.3 Å². The van der Waals surface area contributed by atoms with Gasteiger partial charge < -0.3 is 34.1 Å². The Morgan fingerprint density at radius 3 is 1.48 bits per heavy atom. The molecule has 2 aliphatic rings. The Kier molecular flexibility index (Phi) is 15.2. The van der Waals surface area contributed by atoms with E-state index in [1.54, 1.807) is 111 Å². The molecule has 0 saturated heterocycles. The molecule has 0 atom stereocenters. The fourth-order valence-electron chi connectivity index (χ4n) is 5.76. The van der Waals surface area contributed by atoms with Crippen LogP contribution in [-0.4, -0.2) is 111 Å². The van der Waals surface area contributed by atoms with E-state index >= 15 is 4.39 Å². The topological polar surface area (TPSA) is 215 Å². The molecule has 1 aromatic heterocycles. The number of nitrogens with one attached hydrogen (secondary N) is 3. The van der Waals surface area contributed by atoms with Gasteiger partial charge in [-0.3, -0.25) is 15.4 Å². The van der Waals surface area contributed by atoms with Gasteiger partial charge in [0.05, 0.1) is 5.69 Å². The molecule has 0 bridgehead atoms. The molecule has 19 heteroatoms. The number of ether oxygens (including phenoxy) is 4. The molecule has 4 rings (SSSR count). The van der Waals surface area contributed by atoms with Gasteiger partial charge in [0.25, 0.3) is 5.91 Å². The van der Waals surface area contributed by atoms with Gasteiger partial charge in [-0.15, -0.1) is 20.2 Å². The molecule has 18 nitrogen and oxygen atoms in total. The predicted molar refractivity (Wildman–Crippen MR) is 231 cm³/mol. The second kappa shape index (κ2) is 19.5. The Bertz CT molecular complexity index is 2140. The normalized spacial score (nSPS) is 15.4. The molecule has 336 valence electrons. The number of rotatable bonds is 4. The minimum absolute atomic E-state index is 0.0232. The van der Waals surface area contributed by atoms with E-state index in [1.807, 2.05) is 6.08 Å². The van der Waals surface area contributed by atoms with Crippen LogP contribution in [-0.2, 0) is 18.9 Å². The maximum Gasteiger partial charge on any atom is 0.437 e. The number of hydrogen-bond donors (Lipinski definition) is 3. The molecule has 2 aliphatic heterocycles. The average Bonchev–Trinajstić information content (AvgIpc) is 3.11. The lowest BCUT2D eigenvalue weighted by Gasteiger charge is -2.30. The van der Waals surface area contributed by atoms with Crippen molar-refractivity contribution in [3.63, 3.8) is 0 Å². The van der Waals surface area contributed by atoms with Crippen molar-refractivity contribution in [2.24, 2.45) is 9.98 Å². The van der Waals surface area contributed by atoms with Crippen LogP contribution in [0.2, 0.25) is 0 Å². The molecule has 2 aromatic rings. The first-order chi connectivity index (χ1) is 28.6. The quantitative estimate of drug-likeness (QED) is 0.153. The first-order valence-electron chi connectivity index (χ1n) is 20.1. The highest BCUT2D eigenvalue weighted by Crippen LogP contribution is 2.27. The van der Waals surface area contributed by atoms with Crippen LogP contribution in [0, 0.1) is 5.82 Å². The van der Waals surface area contributed by atoms with E-state index in [9.17, 15) is 24.0 Å².